The molecule has 0 atom stereocenters. The van der Waals surface area contributed by atoms with Gasteiger partial charge in [-0.05, 0) is 31.2 Å². The van der Waals surface area contributed by atoms with Crippen molar-refractivity contribution in [2.24, 2.45) is 0 Å². The Balaban J connectivity index is 1.79. The number of carbonyl (C=O) groups is 1. The number of nitrogens with zero attached hydrogens (tertiary/aromatic N) is 4. The van der Waals surface area contributed by atoms with Gasteiger partial charge >= 0.3 is 0 Å². The number of Topliss-reactive ketones (excluding diaryl/α,β-unsaturated/α-hetero) is 1. The second kappa shape index (κ2) is 5.68. The van der Waals surface area contributed by atoms with Crippen LogP contribution in [0.2, 0.25) is 0 Å². The molecule has 0 aliphatic rings. The summed E-state index contributed by atoms with van der Waals surface area (Å²) in [6.45, 7) is 1.57. The number of aromatic nitrogens is 5. The van der Waals surface area contributed by atoms with E-state index in [2.05, 4.69) is 20.3 Å². The minimum absolute atomic E-state index is 0.103. The van der Waals surface area contributed by atoms with Crippen molar-refractivity contribution in [2.45, 2.75) is 12.1 Å². The van der Waals surface area contributed by atoms with Crippen LogP contribution in [0.3, 0.4) is 0 Å². The average Bonchev–Trinajstić information content (AvgIpc) is 2.88. The smallest absolute Gasteiger partial charge is 0.273 e. The Hall–Kier alpha value is -2.55. The summed E-state index contributed by atoms with van der Waals surface area (Å²) in [4.78, 5) is 26.0. The number of H-pyrrole nitrogens is 1. The Bertz CT molecular complexity index is 903. The van der Waals surface area contributed by atoms with E-state index in [4.69, 9.17) is 0 Å². The van der Waals surface area contributed by atoms with Gasteiger partial charge in [-0.25, -0.2) is 4.39 Å². The van der Waals surface area contributed by atoms with Gasteiger partial charge in [0.25, 0.3) is 11.3 Å². The van der Waals surface area contributed by atoms with E-state index < -0.39 is 5.82 Å². The van der Waals surface area contributed by atoms with Gasteiger partial charge in [0.15, 0.2) is 5.78 Å². The molecule has 3 rings (SSSR count). The zero-order valence-corrected chi connectivity index (χ0v) is 12.2. The number of aryl methyl sites for hydroxylation is 1. The topological polar surface area (TPSA) is 93.0 Å². The number of hydrogen-bond donors (Lipinski definition) is 1. The maximum atomic E-state index is 12.8. The van der Waals surface area contributed by atoms with Crippen LogP contribution in [0.15, 0.2) is 34.2 Å². The molecule has 2 aromatic heterocycles. The predicted octanol–water partition coefficient (Wildman–Crippen LogP) is 1.24. The highest BCUT2D eigenvalue weighted by atomic mass is 32.2. The molecule has 7 nitrogen and oxygen atoms in total. The lowest BCUT2D eigenvalue weighted by atomic mass is 10.1. The highest BCUT2D eigenvalue weighted by Gasteiger charge is 2.13. The molecule has 0 bridgehead atoms. The van der Waals surface area contributed by atoms with Gasteiger partial charge in [0.05, 0.1) is 5.75 Å². The van der Waals surface area contributed by atoms with Crippen LogP contribution in [-0.2, 0) is 0 Å². The minimum atomic E-state index is -0.392. The molecule has 112 valence electrons. The van der Waals surface area contributed by atoms with Crippen molar-refractivity contribution in [2.75, 3.05) is 5.75 Å². The summed E-state index contributed by atoms with van der Waals surface area (Å²) in [5.41, 5.74) is 0.359. The van der Waals surface area contributed by atoms with E-state index in [9.17, 15) is 14.0 Å². The number of hydrogen-bond acceptors (Lipinski definition) is 6. The molecular formula is C13H10FN5O2S. The number of nitrogens with one attached hydrogen (secondary N) is 1. The molecular weight excluding hydrogens is 309 g/mol. The standard InChI is InChI=1S/C13H10FN5O2S/c1-7-11(21)15-12-16-17-13(19(12)18-7)22-6-10(20)8-2-4-9(14)5-3-8/h2-5H,6H2,1H3,(H,15,16,21). The normalized spacial score (nSPS) is 11.0. The lowest BCUT2D eigenvalue weighted by molar-refractivity contribution is 0.102. The second-order valence-electron chi connectivity index (χ2n) is 4.48. The second-order valence-corrected chi connectivity index (χ2v) is 5.42. The zero-order valence-electron chi connectivity index (χ0n) is 11.4. The molecule has 2 heterocycles. The van der Waals surface area contributed by atoms with E-state index in [1.54, 1.807) is 6.92 Å². The van der Waals surface area contributed by atoms with Gasteiger partial charge in [-0.3, -0.25) is 14.6 Å². The quantitative estimate of drug-likeness (QED) is 0.574. The number of carbonyl (C=O) groups excluding carboxylic acids is 1. The SMILES string of the molecule is Cc1nn2c(SCC(=O)c3ccc(F)cc3)nnc2[nH]c1=O. The molecule has 0 fully saturated rings. The summed E-state index contributed by atoms with van der Waals surface area (Å²) in [6, 6.07) is 5.33. The van der Waals surface area contributed by atoms with Crippen LogP contribution in [0, 0.1) is 12.7 Å². The summed E-state index contributed by atoms with van der Waals surface area (Å²) in [6.07, 6.45) is 0. The van der Waals surface area contributed by atoms with Gasteiger partial charge in [0, 0.05) is 5.56 Å². The van der Waals surface area contributed by atoms with Crippen molar-refractivity contribution in [3.63, 3.8) is 0 Å². The molecule has 0 aliphatic heterocycles. The summed E-state index contributed by atoms with van der Waals surface area (Å²) in [5.74, 6) is -0.238. The largest absolute Gasteiger partial charge is 0.293 e. The monoisotopic (exact) mass is 319 g/mol. The molecule has 0 amide bonds. The van der Waals surface area contributed by atoms with Crippen molar-refractivity contribution in [1.29, 1.82) is 0 Å². The maximum absolute atomic E-state index is 12.8. The third kappa shape index (κ3) is 2.75. The van der Waals surface area contributed by atoms with Crippen LogP contribution in [-0.4, -0.2) is 36.3 Å². The van der Waals surface area contributed by atoms with Crippen molar-refractivity contribution in [3.05, 3.63) is 51.7 Å². The molecule has 3 aromatic rings. The molecule has 0 saturated heterocycles. The molecule has 22 heavy (non-hydrogen) atoms. The van der Waals surface area contributed by atoms with Gasteiger partial charge < -0.3 is 0 Å². The van der Waals surface area contributed by atoms with Crippen LogP contribution in [0.25, 0.3) is 5.78 Å². The lowest BCUT2D eigenvalue weighted by Crippen LogP contribution is -2.15. The van der Waals surface area contributed by atoms with E-state index in [-0.39, 0.29) is 28.6 Å². The molecule has 9 heteroatoms. The van der Waals surface area contributed by atoms with Crippen LogP contribution >= 0.6 is 11.8 Å². The number of aromatic amines is 1. The van der Waals surface area contributed by atoms with Crippen molar-refractivity contribution < 1.29 is 9.18 Å². The molecule has 1 N–H and O–H groups in total. The van der Waals surface area contributed by atoms with Crippen LogP contribution in [0.5, 0.6) is 0 Å². The third-order valence-corrected chi connectivity index (χ3v) is 3.83. The molecule has 0 aliphatic carbocycles. The predicted molar refractivity (Wildman–Crippen MR) is 77.6 cm³/mol. The van der Waals surface area contributed by atoms with Gasteiger partial charge in [-0.2, -0.15) is 9.61 Å². The van der Waals surface area contributed by atoms with Gasteiger partial charge in [0.1, 0.15) is 11.5 Å². The summed E-state index contributed by atoms with van der Waals surface area (Å²) < 4.78 is 14.2. The molecule has 0 radical (unpaired) electrons. The van der Waals surface area contributed by atoms with E-state index in [0.717, 1.165) is 11.8 Å². The summed E-state index contributed by atoms with van der Waals surface area (Å²) in [5, 5.41) is 12.1. The highest BCUT2D eigenvalue weighted by molar-refractivity contribution is 7.99. The van der Waals surface area contributed by atoms with Crippen LogP contribution < -0.4 is 5.56 Å². The molecule has 0 spiro atoms. The Morgan fingerprint density at radius 1 is 1.32 bits per heavy atom. The van der Waals surface area contributed by atoms with E-state index in [0.29, 0.717) is 10.7 Å². The van der Waals surface area contributed by atoms with Gasteiger partial charge in [-0.1, -0.05) is 11.8 Å². The number of rotatable bonds is 4. The molecule has 1 aromatic carbocycles. The van der Waals surface area contributed by atoms with Crippen LogP contribution in [0.4, 0.5) is 4.39 Å². The number of fused-ring (bicyclic) bond motifs is 1. The van der Waals surface area contributed by atoms with Crippen molar-refractivity contribution in [1.82, 2.24) is 24.8 Å². The van der Waals surface area contributed by atoms with E-state index in [1.165, 1.54) is 28.8 Å². The van der Waals surface area contributed by atoms with E-state index >= 15 is 0 Å². The first kappa shape index (κ1) is 14.4. The number of thioether (sulfide) groups is 1. The first-order chi connectivity index (χ1) is 10.5. The van der Waals surface area contributed by atoms with Crippen LogP contribution in [0.1, 0.15) is 16.1 Å². The lowest BCUT2D eigenvalue weighted by Gasteiger charge is -2.00. The van der Waals surface area contributed by atoms with E-state index in [1.807, 2.05) is 0 Å². The Labute approximate surface area is 127 Å². The summed E-state index contributed by atoms with van der Waals surface area (Å²) in [7, 11) is 0. The van der Waals surface area contributed by atoms with Gasteiger partial charge in [0.2, 0.25) is 5.16 Å². The molecule has 0 saturated carbocycles. The first-order valence-electron chi connectivity index (χ1n) is 6.28. The minimum Gasteiger partial charge on any atom is -0.293 e. The summed E-state index contributed by atoms with van der Waals surface area (Å²) >= 11 is 1.14. The highest BCUT2D eigenvalue weighted by Crippen LogP contribution is 2.16. The van der Waals surface area contributed by atoms with Crippen molar-refractivity contribution >= 4 is 23.3 Å². The first-order valence-corrected chi connectivity index (χ1v) is 7.27. The average molecular weight is 319 g/mol. The van der Waals surface area contributed by atoms with Gasteiger partial charge in [-0.15, -0.1) is 10.2 Å². The Morgan fingerprint density at radius 2 is 2.05 bits per heavy atom. The molecule has 0 unspecified atom stereocenters. The number of halogens is 1. The Morgan fingerprint density at radius 3 is 2.77 bits per heavy atom. The zero-order chi connectivity index (χ0) is 15.7. The number of ketones is 1. The fourth-order valence-electron chi connectivity index (χ4n) is 1.76. The fraction of sp³-hybridized carbons (Fsp3) is 0.154. The maximum Gasteiger partial charge on any atom is 0.273 e. The number of benzene rings is 1. The Kier molecular flexibility index (Phi) is 3.72. The fourth-order valence-corrected chi connectivity index (χ4v) is 2.54. The third-order valence-electron chi connectivity index (χ3n) is 2.91. The van der Waals surface area contributed by atoms with Crippen molar-refractivity contribution in [3.8, 4) is 0 Å².